The summed E-state index contributed by atoms with van der Waals surface area (Å²) < 4.78 is 1.94. The van der Waals surface area contributed by atoms with Crippen LogP contribution < -0.4 is 5.32 Å². The fourth-order valence-electron chi connectivity index (χ4n) is 1.65. The van der Waals surface area contributed by atoms with Gasteiger partial charge in [-0.2, -0.15) is 5.10 Å². The maximum atomic E-state index is 8.85. The van der Waals surface area contributed by atoms with Crippen LogP contribution in [0.2, 0.25) is 0 Å². The van der Waals surface area contributed by atoms with E-state index in [0.29, 0.717) is 0 Å². The van der Waals surface area contributed by atoms with Gasteiger partial charge in [-0.15, -0.1) is 11.8 Å². The number of hydrogen-bond acceptors (Lipinski definition) is 4. The third-order valence-electron chi connectivity index (χ3n) is 2.63. The number of aryl methyl sites for hydroxylation is 2. The molecule has 2 N–H and O–H groups in total. The zero-order chi connectivity index (χ0) is 13.8. The van der Waals surface area contributed by atoms with Crippen LogP contribution in [0.1, 0.15) is 38.4 Å². The Morgan fingerprint density at radius 3 is 2.61 bits per heavy atom. The molecular weight excluding hydrogens is 246 g/mol. The highest BCUT2D eigenvalue weighted by Gasteiger charge is 2.16. The molecule has 104 valence electrons. The molecule has 0 aliphatic rings. The summed E-state index contributed by atoms with van der Waals surface area (Å²) in [5, 5.41) is 18.0. The molecule has 0 atom stereocenters. The fourth-order valence-corrected chi connectivity index (χ4v) is 2.74. The molecule has 0 aliphatic heterocycles. The first-order valence-electron chi connectivity index (χ1n) is 6.36. The van der Waals surface area contributed by atoms with E-state index in [1.54, 1.807) is 11.8 Å². The van der Waals surface area contributed by atoms with Gasteiger partial charge in [0.2, 0.25) is 0 Å². The second-order valence-corrected chi connectivity index (χ2v) is 6.61. The first kappa shape index (κ1) is 15.5. The topological polar surface area (TPSA) is 50.1 Å². The molecular formula is C13H25N3OS. The summed E-state index contributed by atoms with van der Waals surface area (Å²) in [5.74, 6) is 0.929. The summed E-state index contributed by atoms with van der Waals surface area (Å²) >= 11 is 1.77. The number of aliphatic hydroxyl groups excluding tert-OH is 1. The number of nitrogens with zero attached hydrogens (tertiary/aromatic N) is 2. The molecule has 1 aromatic heterocycles. The monoisotopic (exact) mass is 271 g/mol. The third kappa shape index (κ3) is 4.63. The highest BCUT2D eigenvalue weighted by molar-refractivity contribution is 7.99. The molecule has 0 fully saturated rings. The maximum absolute atomic E-state index is 8.85. The molecule has 0 unspecified atom stereocenters. The minimum Gasteiger partial charge on any atom is -0.396 e. The van der Waals surface area contributed by atoms with E-state index in [1.165, 1.54) is 10.6 Å². The van der Waals surface area contributed by atoms with E-state index in [9.17, 15) is 0 Å². The molecule has 0 saturated carbocycles. The van der Waals surface area contributed by atoms with Crippen molar-refractivity contribution < 1.29 is 5.11 Å². The summed E-state index contributed by atoms with van der Waals surface area (Å²) in [6.45, 7) is 9.63. The van der Waals surface area contributed by atoms with Crippen LogP contribution in [-0.4, -0.2) is 32.8 Å². The Bertz CT molecular complexity index is 382. The van der Waals surface area contributed by atoms with E-state index in [2.05, 4.69) is 38.1 Å². The molecule has 0 saturated heterocycles. The zero-order valence-electron chi connectivity index (χ0n) is 12.1. The van der Waals surface area contributed by atoms with E-state index < -0.39 is 0 Å². The molecule has 0 spiro atoms. The van der Waals surface area contributed by atoms with E-state index in [0.717, 1.165) is 24.4 Å². The van der Waals surface area contributed by atoms with Crippen molar-refractivity contribution in [1.29, 1.82) is 0 Å². The molecule has 4 nitrogen and oxygen atoms in total. The number of rotatable bonds is 6. The molecule has 1 heterocycles. The normalized spacial score (nSPS) is 12.1. The van der Waals surface area contributed by atoms with Gasteiger partial charge >= 0.3 is 0 Å². The van der Waals surface area contributed by atoms with Gasteiger partial charge in [-0.25, -0.2) is 0 Å². The van der Waals surface area contributed by atoms with Crippen LogP contribution in [0.3, 0.4) is 0 Å². The molecule has 0 aliphatic carbocycles. The Morgan fingerprint density at radius 1 is 1.39 bits per heavy atom. The van der Waals surface area contributed by atoms with E-state index in [-0.39, 0.29) is 12.1 Å². The van der Waals surface area contributed by atoms with Crippen LogP contribution in [-0.2, 0) is 13.6 Å². The number of aromatic nitrogens is 2. The summed E-state index contributed by atoms with van der Waals surface area (Å²) in [6.07, 6.45) is 0.820. The minimum absolute atomic E-state index is 0.106. The van der Waals surface area contributed by atoms with Crippen molar-refractivity contribution in [3.63, 3.8) is 0 Å². The summed E-state index contributed by atoms with van der Waals surface area (Å²) in [6, 6.07) is 0. The molecule has 1 aromatic rings. The number of nitrogens with one attached hydrogen (secondary N) is 1. The van der Waals surface area contributed by atoms with Crippen LogP contribution in [0.4, 0.5) is 0 Å². The number of hydrogen-bond donors (Lipinski definition) is 2. The second-order valence-electron chi connectivity index (χ2n) is 5.52. The predicted octanol–water partition coefficient (Wildman–Crippen LogP) is 2.09. The van der Waals surface area contributed by atoms with Crippen molar-refractivity contribution >= 4 is 11.8 Å². The lowest BCUT2D eigenvalue weighted by atomic mass is 10.1. The Hall–Kier alpha value is -0.520. The van der Waals surface area contributed by atoms with Gasteiger partial charge in [0.05, 0.1) is 10.7 Å². The quantitative estimate of drug-likeness (QED) is 0.614. The van der Waals surface area contributed by atoms with Crippen LogP contribution in [0, 0.1) is 6.92 Å². The maximum Gasteiger partial charge on any atom is 0.0984 e. The Balaban J connectivity index is 2.75. The molecule has 0 amide bonds. The number of thioether (sulfide) groups is 1. The summed E-state index contributed by atoms with van der Waals surface area (Å²) in [5.41, 5.74) is 2.46. The number of aliphatic hydroxyl groups is 1. The second kappa shape index (κ2) is 6.59. The third-order valence-corrected chi connectivity index (χ3v) is 3.90. The van der Waals surface area contributed by atoms with Crippen LogP contribution in [0.15, 0.2) is 5.03 Å². The van der Waals surface area contributed by atoms with Gasteiger partial charge in [0.1, 0.15) is 0 Å². The molecule has 0 bridgehead atoms. The van der Waals surface area contributed by atoms with Gasteiger partial charge in [-0.1, -0.05) is 0 Å². The molecule has 0 radical (unpaired) electrons. The van der Waals surface area contributed by atoms with Crippen molar-refractivity contribution in [2.24, 2.45) is 7.05 Å². The van der Waals surface area contributed by atoms with Gasteiger partial charge in [0.25, 0.3) is 0 Å². The average molecular weight is 271 g/mol. The van der Waals surface area contributed by atoms with Gasteiger partial charge in [-0.05, 0) is 34.1 Å². The van der Waals surface area contributed by atoms with Crippen LogP contribution >= 0.6 is 11.8 Å². The van der Waals surface area contributed by atoms with Gasteiger partial charge in [-0.3, -0.25) is 4.68 Å². The van der Waals surface area contributed by atoms with Gasteiger partial charge in [0, 0.05) is 37.1 Å². The van der Waals surface area contributed by atoms with E-state index in [4.69, 9.17) is 5.11 Å². The van der Waals surface area contributed by atoms with E-state index in [1.807, 2.05) is 11.7 Å². The largest absolute Gasteiger partial charge is 0.396 e. The van der Waals surface area contributed by atoms with Crippen molar-refractivity contribution in [3.8, 4) is 0 Å². The fraction of sp³-hybridized carbons (Fsp3) is 0.769. The van der Waals surface area contributed by atoms with Crippen molar-refractivity contribution in [2.45, 2.75) is 51.2 Å². The summed E-state index contributed by atoms with van der Waals surface area (Å²) in [7, 11) is 1.98. The Kier molecular flexibility index (Phi) is 5.69. The first-order valence-corrected chi connectivity index (χ1v) is 7.35. The Morgan fingerprint density at radius 2 is 2.06 bits per heavy atom. The first-order chi connectivity index (χ1) is 8.35. The highest BCUT2D eigenvalue weighted by atomic mass is 32.2. The van der Waals surface area contributed by atoms with Crippen molar-refractivity contribution in [1.82, 2.24) is 15.1 Å². The standard InChI is InChI=1S/C13H25N3OS/c1-10-11(9-14-13(2,3)4)12(16(5)15-10)18-8-6-7-17/h14,17H,6-9H2,1-5H3. The predicted molar refractivity (Wildman–Crippen MR) is 77.0 cm³/mol. The lowest BCUT2D eigenvalue weighted by Crippen LogP contribution is -2.35. The lowest BCUT2D eigenvalue weighted by molar-refractivity contribution is 0.296. The van der Waals surface area contributed by atoms with Crippen molar-refractivity contribution in [3.05, 3.63) is 11.3 Å². The molecule has 1 rings (SSSR count). The van der Waals surface area contributed by atoms with Crippen LogP contribution in [0.5, 0.6) is 0 Å². The van der Waals surface area contributed by atoms with Gasteiger partial charge < -0.3 is 10.4 Å². The summed E-state index contributed by atoms with van der Waals surface area (Å²) in [4.78, 5) is 0. The molecule has 5 heteroatoms. The smallest absolute Gasteiger partial charge is 0.0984 e. The Labute approximate surface area is 114 Å². The van der Waals surface area contributed by atoms with Gasteiger partial charge in [0.15, 0.2) is 0 Å². The molecule has 18 heavy (non-hydrogen) atoms. The molecule has 0 aromatic carbocycles. The van der Waals surface area contributed by atoms with Crippen molar-refractivity contribution in [2.75, 3.05) is 12.4 Å². The minimum atomic E-state index is 0.106. The zero-order valence-corrected chi connectivity index (χ0v) is 12.9. The van der Waals surface area contributed by atoms with Crippen LogP contribution in [0.25, 0.3) is 0 Å². The SMILES string of the molecule is Cc1nn(C)c(SCCCO)c1CNC(C)(C)C. The highest BCUT2D eigenvalue weighted by Crippen LogP contribution is 2.25. The lowest BCUT2D eigenvalue weighted by Gasteiger charge is -2.20. The average Bonchev–Trinajstić information content (AvgIpc) is 2.50. The van der Waals surface area contributed by atoms with E-state index >= 15 is 0 Å².